The van der Waals surface area contributed by atoms with Gasteiger partial charge in [-0.25, -0.2) is 0 Å². The fraction of sp³-hybridized carbons (Fsp3) is 0.333. The maximum Gasteiger partial charge on any atom is 0.237 e. The third-order valence-corrected chi connectivity index (χ3v) is 4.03. The molecule has 24 heavy (non-hydrogen) atoms. The molecule has 1 aromatic carbocycles. The number of amides is 1. The van der Waals surface area contributed by atoms with Gasteiger partial charge >= 0.3 is 0 Å². The highest BCUT2D eigenvalue weighted by molar-refractivity contribution is 5.85. The maximum atomic E-state index is 12.4. The van der Waals surface area contributed by atoms with Crippen molar-refractivity contribution in [2.24, 2.45) is 0 Å². The van der Waals surface area contributed by atoms with Crippen molar-refractivity contribution < 1.29 is 4.79 Å². The molecule has 0 saturated carbocycles. The van der Waals surface area contributed by atoms with Crippen molar-refractivity contribution in [1.82, 2.24) is 15.6 Å². The number of halogens is 2. The predicted molar refractivity (Wildman–Crippen MR) is 101 cm³/mol. The molecule has 2 N–H and O–H groups in total. The molecule has 2 aromatic rings. The van der Waals surface area contributed by atoms with Gasteiger partial charge in [0.05, 0.1) is 12.1 Å². The van der Waals surface area contributed by atoms with E-state index in [0.29, 0.717) is 6.42 Å². The molecule has 0 bridgehead atoms. The average Bonchev–Trinajstić information content (AvgIpc) is 3.11. The van der Waals surface area contributed by atoms with Gasteiger partial charge in [0.15, 0.2) is 0 Å². The van der Waals surface area contributed by atoms with Crippen LogP contribution in [0.5, 0.6) is 0 Å². The Balaban J connectivity index is 0.00000144. The minimum Gasteiger partial charge on any atom is -0.348 e. The number of rotatable bonds is 5. The molecular formula is C18H23Cl2N3O. The number of hydrogen-bond acceptors (Lipinski definition) is 3. The lowest BCUT2D eigenvalue weighted by molar-refractivity contribution is -0.123. The Morgan fingerprint density at radius 2 is 1.92 bits per heavy atom. The molecule has 1 fully saturated rings. The van der Waals surface area contributed by atoms with Gasteiger partial charge in [-0.15, -0.1) is 24.8 Å². The summed E-state index contributed by atoms with van der Waals surface area (Å²) in [4.78, 5) is 16.8. The quantitative estimate of drug-likeness (QED) is 0.853. The van der Waals surface area contributed by atoms with Crippen molar-refractivity contribution in [1.29, 1.82) is 0 Å². The van der Waals surface area contributed by atoms with Gasteiger partial charge in [-0.3, -0.25) is 9.78 Å². The van der Waals surface area contributed by atoms with E-state index in [2.05, 4.69) is 27.8 Å². The monoisotopic (exact) mass is 367 g/mol. The molecule has 2 heterocycles. The van der Waals surface area contributed by atoms with Crippen LogP contribution in [0.25, 0.3) is 0 Å². The predicted octanol–water partition coefficient (Wildman–Crippen LogP) is 3.08. The van der Waals surface area contributed by atoms with Crippen LogP contribution in [0.3, 0.4) is 0 Å². The highest BCUT2D eigenvalue weighted by Gasteiger charge is 2.25. The van der Waals surface area contributed by atoms with Crippen LogP contribution in [-0.4, -0.2) is 23.5 Å². The van der Waals surface area contributed by atoms with Crippen LogP contribution in [0.15, 0.2) is 54.7 Å². The Labute approximate surface area is 155 Å². The molecule has 0 spiro atoms. The van der Waals surface area contributed by atoms with Gasteiger partial charge in [0.25, 0.3) is 0 Å². The van der Waals surface area contributed by atoms with E-state index in [1.54, 1.807) is 6.20 Å². The number of carbonyl (C=O) groups excluding carboxylic acids is 1. The molecule has 4 nitrogen and oxygen atoms in total. The molecule has 1 saturated heterocycles. The molecule has 1 aliphatic heterocycles. The third kappa shape index (κ3) is 5.48. The number of carbonyl (C=O) groups is 1. The minimum atomic E-state index is -0.0602. The summed E-state index contributed by atoms with van der Waals surface area (Å²) < 4.78 is 0. The van der Waals surface area contributed by atoms with Crippen LogP contribution in [0.2, 0.25) is 0 Å². The molecule has 1 amide bonds. The van der Waals surface area contributed by atoms with Crippen molar-refractivity contribution in [3.8, 4) is 0 Å². The molecule has 0 aliphatic carbocycles. The summed E-state index contributed by atoms with van der Waals surface area (Å²) in [6, 6.07) is 15.9. The van der Waals surface area contributed by atoms with Gasteiger partial charge in [-0.05, 0) is 37.1 Å². The lowest BCUT2D eigenvalue weighted by atomic mass is 10.0. The Hall–Kier alpha value is -1.62. The first-order valence-corrected chi connectivity index (χ1v) is 7.81. The van der Waals surface area contributed by atoms with Crippen LogP contribution in [-0.2, 0) is 11.2 Å². The van der Waals surface area contributed by atoms with E-state index in [1.165, 1.54) is 0 Å². The normalized spacial score (nSPS) is 17.2. The van der Waals surface area contributed by atoms with E-state index in [-0.39, 0.29) is 42.8 Å². The SMILES string of the molecule is Cl.Cl.O=C(N[C@@H](Cc1ccccn1)c1ccccc1)[C@@H]1CCCN1. The summed E-state index contributed by atoms with van der Waals surface area (Å²) in [5.74, 6) is 0.0854. The van der Waals surface area contributed by atoms with Crippen LogP contribution in [0.1, 0.15) is 30.1 Å². The summed E-state index contributed by atoms with van der Waals surface area (Å²) in [6.07, 6.45) is 4.46. The standard InChI is InChI=1S/C18H21N3O.2ClH/c22-18(16-10-6-12-20-16)21-17(14-7-2-1-3-8-14)13-15-9-4-5-11-19-15;;/h1-5,7-9,11,16-17,20H,6,10,12-13H2,(H,21,22);2*1H/t16-,17-;;/m0../s1. The van der Waals surface area contributed by atoms with E-state index < -0.39 is 0 Å². The van der Waals surface area contributed by atoms with Gasteiger partial charge in [-0.1, -0.05) is 36.4 Å². The van der Waals surface area contributed by atoms with Gasteiger partial charge in [0.2, 0.25) is 5.91 Å². The molecule has 1 aromatic heterocycles. The van der Waals surface area contributed by atoms with E-state index in [4.69, 9.17) is 0 Å². The topological polar surface area (TPSA) is 54.0 Å². The van der Waals surface area contributed by atoms with E-state index in [9.17, 15) is 4.79 Å². The fourth-order valence-corrected chi connectivity index (χ4v) is 2.85. The fourth-order valence-electron chi connectivity index (χ4n) is 2.85. The van der Waals surface area contributed by atoms with Crippen molar-refractivity contribution in [2.75, 3.05) is 6.54 Å². The van der Waals surface area contributed by atoms with Crippen LogP contribution in [0.4, 0.5) is 0 Å². The summed E-state index contributed by atoms with van der Waals surface area (Å²) in [5.41, 5.74) is 2.09. The smallest absolute Gasteiger partial charge is 0.237 e. The maximum absolute atomic E-state index is 12.4. The number of benzene rings is 1. The highest BCUT2D eigenvalue weighted by Crippen LogP contribution is 2.18. The number of nitrogens with zero attached hydrogens (tertiary/aromatic N) is 1. The summed E-state index contributed by atoms with van der Waals surface area (Å²) >= 11 is 0. The first-order chi connectivity index (χ1) is 10.8. The lowest BCUT2D eigenvalue weighted by Gasteiger charge is -2.21. The minimum absolute atomic E-state index is 0. The molecule has 130 valence electrons. The first-order valence-electron chi connectivity index (χ1n) is 7.81. The van der Waals surface area contributed by atoms with Crippen molar-refractivity contribution in [3.63, 3.8) is 0 Å². The second kappa shape index (κ2) is 10.3. The second-order valence-electron chi connectivity index (χ2n) is 5.65. The highest BCUT2D eigenvalue weighted by atomic mass is 35.5. The second-order valence-corrected chi connectivity index (χ2v) is 5.65. The molecular weight excluding hydrogens is 345 g/mol. The summed E-state index contributed by atoms with van der Waals surface area (Å²) in [6.45, 7) is 0.925. The first kappa shape index (κ1) is 20.4. The lowest BCUT2D eigenvalue weighted by Crippen LogP contribution is -2.42. The Kier molecular flexibility index (Phi) is 8.76. The summed E-state index contributed by atoms with van der Waals surface area (Å²) in [5, 5.41) is 6.43. The number of pyridine rings is 1. The molecule has 1 aliphatic rings. The number of nitrogens with one attached hydrogen (secondary N) is 2. The van der Waals surface area contributed by atoms with Crippen molar-refractivity contribution in [2.45, 2.75) is 31.3 Å². The molecule has 3 rings (SSSR count). The average molecular weight is 368 g/mol. The van der Waals surface area contributed by atoms with E-state index >= 15 is 0 Å². The van der Waals surface area contributed by atoms with E-state index in [1.807, 2.05) is 36.4 Å². The molecule has 0 radical (unpaired) electrons. The number of hydrogen-bond donors (Lipinski definition) is 2. The van der Waals surface area contributed by atoms with Gasteiger partial charge in [-0.2, -0.15) is 0 Å². The molecule has 6 heteroatoms. The van der Waals surface area contributed by atoms with Gasteiger partial charge in [0.1, 0.15) is 0 Å². The van der Waals surface area contributed by atoms with Gasteiger partial charge in [0, 0.05) is 18.3 Å². The Bertz CT molecular complexity index is 604. The molecule has 0 unspecified atom stereocenters. The largest absolute Gasteiger partial charge is 0.348 e. The zero-order chi connectivity index (χ0) is 15.2. The van der Waals surface area contributed by atoms with Crippen LogP contribution >= 0.6 is 24.8 Å². The Morgan fingerprint density at radius 1 is 1.17 bits per heavy atom. The Morgan fingerprint density at radius 3 is 2.54 bits per heavy atom. The van der Waals surface area contributed by atoms with Crippen LogP contribution < -0.4 is 10.6 Å². The van der Waals surface area contributed by atoms with Gasteiger partial charge < -0.3 is 10.6 Å². The van der Waals surface area contributed by atoms with Crippen LogP contribution in [0, 0.1) is 0 Å². The van der Waals surface area contributed by atoms with E-state index in [0.717, 1.165) is 30.6 Å². The zero-order valence-corrected chi connectivity index (χ0v) is 15.0. The zero-order valence-electron chi connectivity index (χ0n) is 13.4. The van der Waals surface area contributed by atoms with Crippen molar-refractivity contribution in [3.05, 3.63) is 66.0 Å². The number of aromatic nitrogens is 1. The third-order valence-electron chi connectivity index (χ3n) is 4.03. The van der Waals surface area contributed by atoms with Crippen molar-refractivity contribution >= 4 is 30.7 Å². The summed E-state index contributed by atoms with van der Waals surface area (Å²) in [7, 11) is 0. The molecule has 2 atom stereocenters.